The number of hydrogen-bond acceptors (Lipinski definition) is 4. The minimum absolute atomic E-state index is 0.157. The third kappa shape index (κ3) is 1.91. The normalized spacial score (nSPS) is 11.3. The smallest absolute Gasteiger partial charge is 0.244 e. The van der Waals surface area contributed by atoms with Crippen LogP contribution in [-0.4, -0.2) is 15.9 Å². The van der Waals surface area contributed by atoms with Crippen molar-refractivity contribution in [2.75, 3.05) is 5.73 Å². The van der Waals surface area contributed by atoms with Gasteiger partial charge >= 0.3 is 0 Å². The van der Waals surface area contributed by atoms with E-state index in [2.05, 4.69) is 4.98 Å². The van der Waals surface area contributed by atoms with Gasteiger partial charge < -0.3 is 20.2 Å². The standard InChI is InChI=1S/C17H12N2O3/c18-11-1-4-15-10(5-11)8-16(22-15)17(21)14-7-9-6-12(20)2-3-13(9)19-14/h1-8,19-20H,18H2. The van der Waals surface area contributed by atoms with Gasteiger partial charge in [-0.1, -0.05) is 0 Å². The van der Waals surface area contributed by atoms with Crippen molar-refractivity contribution in [2.45, 2.75) is 0 Å². The lowest BCUT2D eigenvalue weighted by Crippen LogP contribution is -1.99. The van der Waals surface area contributed by atoms with Crippen LogP contribution in [0.15, 0.2) is 52.9 Å². The molecule has 0 bridgehead atoms. The molecule has 0 aliphatic heterocycles. The Morgan fingerprint density at radius 1 is 1.05 bits per heavy atom. The Kier molecular flexibility index (Phi) is 2.50. The summed E-state index contributed by atoms with van der Waals surface area (Å²) in [5, 5.41) is 11.0. The Labute approximate surface area is 125 Å². The van der Waals surface area contributed by atoms with E-state index in [-0.39, 0.29) is 17.3 Å². The number of nitrogens with one attached hydrogen (secondary N) is 1. The molecule has 0 fully saturated rings. The zero-order valence-electron chi connectivity index (χ0n) is 11.5. The van der Waals surface area contributed by atoms with Gasteiger partial charge in [0.25, 0.3) is 0 Å². The number of ketones is 1. The highest BCUT2D eigenvalue weighted by molar-refractivity contribution is 6.10. The van der Waals surface area contributed by atoms with Gasteiger partial charge in [-0.2, -0.15) is 0 Å². The predicted octanol–water partition coefficient (Wildman–Crippen LogP) is 3.43. The van der Waals surface area contributed by atoms with E-state index in [1.165, 1.54) is 0 Å². The molecule has 0 saturated heterocycles. The number of hydrogen-bond donors (Lipinski definition) is 3. The maximum atomic E-state index is 12.5. The summed E-state index contributed by atoms with van der Waals surface area (Å²) in [5.74, 6) is 0.159. The Morgan fingerprint density at radius 2 is 1.91 bits per heavy atom. The van der Waals surface area contributed by atoms with Crippen molar-refractivity contribution >= 4 is 33.3 Å². The third-order valence-electron chi connectivity index (χ3n) is 3.61. The number of anilines is 1. The van der Waals surface area contributed by atoms with Crippen LogP contribution >= 0.6 is 0 Å². The van der Waals surface area contributed by atoms with Crippen LogP contribution < -0.4 is 5.73 Å². The van der Waals surface area contributed by atoms with E-state index >= 15 is 0 Å². The Balaban J connectivity index is 1.80. The number of benzene rings is 2. The Hall–Kier alpha value is -3.21. The van der Waals surface area contributed by atoms with Crippen LogP contribution in [0.4, 0.5) is 5.69 Å². The SMILES string of the molecule is Nc1ccc2oc(C(=O)c3cc4cc(O)ccc4[nH]3)cc2c1. The monoisotopic (exact) mass is 292 g/mol. The van der Waals surface area contributed by atoms with E-state index in [0.29, 0.717) is 17.0 Å². The molecule has 0 radical (unpaired) electrons. The highest BCUT2D eigenvalue weighted by Gasteiger charge is 2.17. The summed E-state index contributed by atoms with van der Waals surface area (Å²) < 4.78 is 5.58. The van der Waals surface area contributed by atoms with Crippen LogP contribution in [0, 0.1) is 0 Å². The molecule has 4 rings (SSSR count). The van der Waals surface area contributed by atoms with Gasteiger partial charge in [-0.05, 0) is 48.5 Å². The number of aromatic hydroxyl groups is 1. The lowest BCUT2D eigenvalue weighted by molar-refractivity contribution is 0.101. The van der Waals surface area contributed by atoms with E-state index in [9.17, 15) is 9.90 Å². The second-order valence-corrected chi connectivity index (χ2v) is 5.19. The van der Waals surface area contributed by atoms with Crippen LogP contribution in [-0.2, 0) is 0 Å². The lowest BCUT2D eigenvalue weighted by Gasteiger charge is -1.92. The molecular formula is C17H12N2O3. The van der Waals surface area contributed by atoms with Crippen molar-refractivity contribution in [1.82, 2.24) is 4.98 Å². The quantitative estimate of drug-likeness (QED) is 0.390. The van der Waals surface area contributed by atoms with Crippen LogP contribution in [0.3, 0.4) is 0 Å². The molecule has 22 heavy (non-hydrogen) atoms. The highest BCUT2D eigenvalue weighted by atomic mass is 16.3. The van der Waals surface area contributed by atoms with Crippen LogP contribution in [0.5, 0.6) is 5.75 Å². The fourth-order valence-corrected chi connectivity index (χ4v) is 2.55. The largest absolute Gasteiger partial charge is 0.508 e. The molecule has 0 atom stereocenters. The minimum Gasteiger partial charge on any atom is -0.508 e. The van der Waals surface area contributed by atoms with Gasteiger partial charge in [-0.25, -0.2) is 0 Å². The molecule has 2 heterocycles. The molecule has 5 heteroatoms. The molecule has 2 aromatic carbocycles. The first-order valence-corrected chi connectivity index (χ1v) is 6.76. The van der Waals surface area contributed by atoms with Gasteiger partial charge in [0.2, 0.25) is 5.78 Å². The maximum Gasteiger partial charge on any atom is 0.244 e. The van der Waals surface area contributed by atoms with Gasteiger partial charge in [-0.3, -0.25) is 4.79 Å². The molecule has 2 aromatic heterocycles. The predicted molar refractivity (Wildman–Crippen MR) is 84.0 cm³/mol. The highest BCUT2D eigenvalue weighted by Crippen LogP contribution is 2.25. The lowest BCUT2D eigenvalue weighted by atomic mass is 10.2. The molecular weight excluding hydrogens is 280 g/mol. The first-order valence-electron chi connectivity index (χ1n) is 6.76. The molecule has 0 saturated carbocycles. The number of nitrogen functional groups attached to an aromatic ring is 1. The van der Waals surface area contributed by atoms with Gasteiger partial charge in [0, 0.05) is 22.0 Å². The number of phenolic OH excluding ortho intramolecular Hbond substituents is 1. The number of nitrogens with two attached hydrogens (primary N) is 1. The summed E-state index contributed by atoms with van der Waals surface area (Å²) in [6.07, 6.45) is 0. The summed E-state index contributed by atoms with van der Waals surface area (Å²) >= 11 is 0. The number of rotatable bonds is 2. The van der Waals surface area contributed by atoms with Gasteiger partial charge in [0.1, 0.15) is 11.3 Å². The number of carbonyl (C=O) groups is 1. The maximum absolute atomic E-state index is 12.5. The Morgan fingerprint density at radius 3 is 2.77 bits per heavy atom. The van der Waals surface area contributed by atoms with Gasteiger partial charge in [0.05, 0.1) is 5.69 Å². The molecule has 108 valence electrons. The summed E-state index contributed by atoms with van der Waals surface area (Å²) in [7, 11) is 0. The molecule has 0 aliphatic carbocycles. The number of aromatic amines is 1. The number of aromatic nitrogens is 1. The topological polar surface area (TPSA) is 92.2 Å². The molecule has 4 aromatic rings. The minimum atomic E-state index is -0.245. The number of carbonyl (C=O) groups excluding carboxylic acids is 1. The number of furan rings is 1. The van der Waals surface area contributed by atoms with Crippen molar-refractivity contribution in [3.63, 3.8) is 0 Å². The van der Waals surface area contributed by atoms with Crippen molar-refractivity contribution in [1.29, 1.82) is 0 Å². The second-order valence-electron chi connectivity index (χ2n) is 5.19. The number of phenols is 1. The molecule has 0 spiro atoms. The van der Waals surface area contributed by atoms with Gasteiger partial charge in [0.15, 0.2) is 5.76 Å². The van der Waals surface area contributed by atoms with E-state index in [0.717, 1.165) is 16.3 Å². The van der Waals surface area contributed by atoms with Crippen LogP contribution in [0.2, 0.25) is 0 Å². The van der Waals surface area contributed by atoms with Crippen molar-refractivity contribution in [3.05, 3.63) is 60.0 Å². The first-order chi connectivity index (χ1) is 10.6. The first kappa shape index (κ1) is 12.5. The number of fused-ring (bicyclic) bond motifs is 2. The molecule has 5 nitrogen and oxygen atoms in total. The summed E-state index contributed by atoms with van der Waals surface area (Å²) in [6.45, 7) is 0. The van der Waals surface area contributed by atoms with Gasteiger partial charge in [-0.15, -0.1) is 0 Å². The van der Waals surface area contributed by atoms with E-state index in [1.807, 2.05) is 0 Å². The summed E-state index contributed by atoms with van der Waals surface area (Å²) in [5.41, 5.74) is 8.15. The fourth-order valence-electron chi connectivity index (χ4n) is 2.55. The second kappa shape index (κ2) is 4.39. The third-order valence-corrected chi connectivity index (χ3v) is 3.61. The van der Waals surface area contributed by atoms with Crippen molar-refractivity contribution in [2.24, 2.45) is 0 Å². The average molecular weight is 292 g/mol. The van der Waals surface area contributed by atoms with E-state index in [4.69, 9.17) is 10.2 Å². The van der Waals surface area contributed by atoms with Crippen LogP contribution in [0.1, 0.15) is 16.2 Å². The number of H-pyrrole nitrogens is 1. The zero-order chi connectivity index (χ0) is 15.3. The molecule has 0 aliphatic rings. The summed E-state index contributed by atoms with van der Waals surface area (Å²) in [4.78, 5) is 15.6. The zero-order valence-corrected chi connectivity index (χ0v) is 11.5. The van der Waals surface area contributed by atoms with Crippen molar-refractivity contribution < 1.29 is 14.3 Å². The fraction of sp³-hybridized carbons (Fsp3) is 0. The van der Waals surface area contributed by atoms with Crippen molar-refractivity contribution in [3.8, 4) is 5.75 Å². The van der Waals surface area contributed by atoms with E-state index in [1.54, 1.807) is 48.5 Å². The van der Waals surface area contributed by atoms with Crippen LogP contribution in [0.25, 0.3) is 21.9 Å². The molecule has 4 N–H and O–H groups in total. The van der Waals surface area contributed by atoms with E-state index < -0.39 is 0 Å². The average Bonchev–Trinajstić information content (AvgIpc) is 3.08. The molecule has 0 unspecified atom stereocenters. The Bertz CT molecular complexity index is 945. The molecule has 0 amide bonds. The summed E-state index contributed by atoms with van der Waals surface area (Å²) in [6, 6.07) is 13.5.